The van der Waals surface area contributed by atoms with Crippen LogP contribution in [0.4, 0.5) is 0 Å². The summed E-state index contributed by atoms with van der Waals surface area (Å²) in [6.07, 6.45) is 3.35. The lowest BCUT2D eigenvalue weighted by atomic mass is 9.95. The lowest BCUT2D eigenvalue weighted by Crippen LogP contribution is -2.15. The van der Waals surface area contributed by atoms with Crippen molar-refractivity contribution in [3.05, 3.63) is 69.6 Å². The Morgan fingerprint density at radius 1 is 1.21 bits per heavy atom. The van der Waals surface area contributed by atoms with Crippen LogP contribution in [0, 0.1) is 0 Å². The molecule has 8 nitrogen and oxygen atoms in total. The van der Waals surface area contributed by atoms with Crippen molar-refractivity contribution in [1.82, 2.24) is 14.5 Å². The minimum absolute atomic E-state index is 0.271. The molecule has 0 aliphatic rings. The zero-order valence-corrected chi connectivity index (χ0v) is 19.3. The molecule has 0 unspecified atom stereocenters. The number of ether oxygens (including phenoxy) is 1. The molecule has 33 heavy (non-hydrogen) atoms. The van der Waals surface area contributed by atoms with Gasteiger partial charge in [0.15, 0.2) is 5.58 Å². The second-order valence-electron chi connectivity index (χ2n) is 7.96. The molecular formula is C25H26N4O4. The molecule has 4 rings (SSSR count). The Labute approximate surface area is 190 Å². The number of hydrogen-bond acceptors (Lipinski definition) is 7. The molecule has 4 aromatic rings. The van der Waals surface area contributed by atoms with Crippen molar-refractivity contribution in [1.29, 1.82) is 0 Å². The van der Waals surface area contributed by atoms with Crippen LogP contribution in [0.5, 0.6) is 5.75 Å². The van der Waals surface area contributed by atoms with E-state index in [2.05, 4.69) is 15.0 Å². The van der Waals surface area contributed by atoms with Crippen LogP contribution >= 0.6 is 0 Å². The van der Waals surface area contributed by atoms with Gasteiger partial charge in [-0.25, -0.2) is 9.78 Å². The number of aliphatic imine (C=N–C) groups is 1. The van der Waals surface area contributed by atoms with Crippen molar-refractivity contribution in [2.45, 2.75) is 33.9 Å². The van der Waals surface area contributed by atoms with Crippen LogP contribution in [0.15, 0.2) is 56.4 Å². The monoisotopic (exact) mass is 446 g/mol. The lowest BCUT2D eigenvalue weighted by molar-refractivity contribution is 0.277. The number of rotatable bonds is 6. The van der Waals surface area contributed by atoms with Crippen molar-refractivity contribution < 1.29 is 14.3 Å². The average molecular weight is 447 g/mol. The van der Waals surface area contributed by atoms with E-state index >= 15 is 0 Å². The number of hydrogen-bond donors (Lipinski definition) is 1. The van der Waals surface area contributed by atoms with Crippen LogP contribution < -0.4 is 10.5 Å². The zero-order chi connectivity index (χ0) is 23.7. The van der Waals surface area contributed by atoms with Crippen LogP contribution in [0.25, 0.3) is 27.6 Å². The van der Waals surface area contributed by atoms with E-state index in [4.69, 9.17) is 9.15 Å². The van der Waals surface area contributed by atoms with Crippen LogP contribution in [-0.2, 0) is 13.2 Å². The third-order valence-electron chi connectivity index (χ3n) is 5.69. The maximum absolute atomic E-state index is 12.8. The smallest absolute Gasteiger partial charge is 0.420 e. The second-order valence-corrected chi connectivity index (χ2v) is 7.96. The van der Waals surface area contributed by atoms with Gasteiger partial charge in [0.05, 0.1) is 25.8 Å². The van der Waals surface area contributed by atoms with Crippen molar-refractivity contribution in [3.63, 3.8) is 0 Å². The number of benzene rings is 1. The third kappa shape index (κ3) is 3.93. The quantitative estimate of drug-likeness (QED) is 0.450. The summed E-state index contributed by atoms with van der Waals surface area (Å²) in [7, 11) is 3.36. The Hall–Kier alpha value is -3.78. The van der Waals surface area contributed by atoms with Gasteiger partial charge in [-0.2, -0.15) is 0 Å². The summed E-state index contributed by atoms with van der Waals surface area (Å²) in [6, 6.07) is 7.46. The zero-order valence-electron chi connectivity index (χ0n) is 19.3. The molecule has 0 saturated carbocycles. The molecule has 0 saturated heterocycles. The van der Waals surface area contributed by atoms with Gasteiger partial charge in [-0.3, -0.25) is 14.5 Å². The molecule has 0 aliphatic heterocycles. The first-order chi connectivity index (χ1) is 15.9. The Kier molecular flexibility index (Phi) is 6.11. The second kappa shape index (κ2) is 8.99. The van der Waals surface area contributed by atoms with Gasteiger partial charge in [-0.05, 0) is 50.6 Å². The number of pyridine rings is 2. The van der Waals surface area contributed by atoms with Crippen molar-refractivity contribution in [3.8, 4) is 5.75 Å². The fourth-order valence-electron chi connectivity index (χ4n) is 4.14. The Morgan fingerprint density at radius 3 is 2.55 bits per heavy atom. The van der Waals surface area contributed by atoms with E-state index in [-0.39, 0.29) is 12.2 Å². The van der Waals surface area contributed by atoms with Crippen molar-refractivity contribution in [2.75, 3.05) is 14.2 Å². The number of oxazole rings is 1. The summed E-state index contributed by atoms with van der Waals surface area (Å²) in [5.41, 5.74) is 6.41. The number of aliphatic hydroxyl groups excluding tert-OH is 1. The minimum atomic E-state index is -0.521. The van der Waals surface area contributed by atoms with Crippen molar-refractivity contribution in [2.24, 2.45) is 4.99 Å². The fourth-order valence-corrected chi connectivity index (χ4v) is 4.14. The first kappa shape index (κ1) is 22.4. The normalized spacial score (nSPS) is 11.9. The van der Waals surface area contributed by atoms with Crippen LogP contribution in [-0.4, -0.2) is 39.5 Å². The fraction of sp³-hybridized carbons (Fsp3) is 0.280. The summed E-state index contributed by atoms with van der Waals surface area (Å²) in [6.45, 7) is 5.92. The predicted molar refractivity (Wildman–Crippen MR) is 129 cm³/mol. The molecule has 0 aliphatic carbocycles. The van der Waals surface area contributed by atoms with Gasteiger partial charge >= 0.3 is 5.76 Å². The van der Waals surface area contributed by atoms with E-state index in [1.54, 1.807) is 31.1 Å². The first-order valence-corrected chi connectivity index (χ1v) is 10.5. The minimum Gasteiger partial charge on any atom is -0.496 e. The van der Waals surface area contributed by atoms with Gasteiger partial charge in [0.25, 0.3) is 0 Å². The SMILES string of the molecule is C/N=C(/C)C(=C(C)C)c1cc2nc(CO)c3oc(=O)n(Cc4ccncc4)c3c2cc1OC. The summed E-state index contributed by atoms with van der Waals surface area (Å²) in [4.78, 5) is 25.8. The van der Waals surface area contributed by atoms with E-state index in [0.717, 1.165) is 28.0 Å². The summed E-state index contributed by atoms with van der Waals surface area (Å²) in [5.74, 6) is 0.110. The molecule has 0 fully saturated rings. The lowest BCUT2D eigenvalue weighted by Gasteiger charge is -2.16. The van der Waals surface area contributed by atoms with Gasteiger partial charge in [0.1, 0.15) is 17.0 Å². The molecule has 1 N–H and O–H groups in total. The molecule has 0 bridgehead atoms. The summed E-state index contributed by atoms with van der Waals surface area (Å²) >= 11 is 0. The summed E-state index contributed by atoms with van der Waals surface area (Å²) in [5, 5.41) is 10.7. The van der Waals surface area contributed by atoms with E-state index in [9.17, 15) is 9.90 Å². The highest BCUT2D eigenvalue weighted by atomic mass is 16.5. The van der Waals surface area contributed by atoms with E-state index in [1.165, 1.54) is 0 Å². The van der Waals surface area contributed by atoms with E-state index < -0.39 is 5.76 Å². The molecule has 0 amide bonds. The van der Waals surface area contributed by atoms with Gasteiger partial charge in [-0.1, -0.05) is 5.57 Å². The van der Waals surface area contributed by atoms with Gasteiger partial charge in [0, 0.05) is 41.7 Å². The first-order valence-electron chi connectivity index (χ1n) is 10.5. The van der Waals surface area contributed by atoms with Crippen LogP contribution in [0.1, 0.15) is 37.6 Å². The molecule has 0 spiro atoms. The average Bonchev–Trinajstić information content (AvgIpc) is 3.14. The Morgan fingerprint density at radius 2 is 1.94 bits per heavy atom. The van der Waals surface area contributed by atoms with Crippen LogP contribution in [0.3, 0.4) is 0 Å². The third-order valence-corrected chi connectivity index (χ3v) is 5.69. The molecule has 0 radical (unpaired) electrons. The molecule has 8 heteroatoms. The maximum Gasteiger partial charge on any atom is 0.420 e. The topological polar surface area (TPSA) is 103 Å². The highest BCUT2D eigenvalue weighted by Crippen LogP contribution is 2.36. The number of nitrogens with zero attached hydrogens (tertiary/aromatic N) is 4. The standard InChI is InChI=1S/C25H26N4O4/c1-14(2)22(15(3)26-4)18-10-19-17(11-21(18)32-5)23-24(20(13-30)28-19)33-25(31)29(23)12-16-6-8-27-9-7-16/h6-11,30H,12-13H2,1-5H3/b26-15-. The number of aromatic nitrogens is 3. The number of allylic oxidation sites excluding steroid dienone is 2. The Bertz CT molecular complexity index is 1460. The predicted octanol–water partition coefficient (Wildman–Crippen LogP) is 3.97. The molecule has 3 aromatic heterocycles. The van der Waals surface area contributed by atoms with Crippen LogP contribution in [0.2, 0.25) is 0 Å². The highest BCUT2D eigenvalue weighted by molar-refractivity contribution is 6.24. The Balaban J connectivity index is 2.09. The van der Waals surface area contributed by atoms with E-state index in [0.29, 0.717) is 34.4 Å². The molecule has 1 aromatic carbocycles. The molecule has 170 valence electrons. The molecule has 3 heterocycles. The number of fused-ring (bicyclic) bond motifs is 3. The van der Waals surface area contributed by atoms with Gasteiger partial charge in [0.2, 0.25) is 0 Å². The highest BCUT2D eigenvalue weighted by Gasteiger charge is 2.22. The van der Waals surface area contributed by atoms with Gasteiger partial charge in [-0.15, -0.1) is 0 Å². The largest absolute Gasteiger partial charge is 0.496 e. The van der Waals surface area contributed by atoms with Crippen molar-refractivity contribution >= 4 is 33.3 Å². The molecule has 0 atom stereocenters. The van der Waals surface area contributed by atoms with Gasteiger partial charge < -0.3 is 14.3 Å². The summed E-state index contributed by atoms with van der Waals surface area (Å²) < 4.78 is 12.9. The molecular weight excluding hydrogens is 420 g/mol. The maximum atomic E-state index is 12.8. The number of aliphatic hydroxyl groups is 1. The number of methoxy groups -OCH3 is 1. The van der Waals surface area contributed by atoms with E-state index in [1.807, 2.05) is 45.0 Å².